The van der Waals surface area contributed by atoms with E-state index < -0.39 is 13.9 Å². The van der Waals surface area contributed by atoms with E-state index in [1.165, 1.54) is 141 Å². The van der Waals surface area contributed by atoms with E-state index in [1.807, 2.05) is 21.1 Å². The molecule has 368 valence electrons. The van der Waals surface area contributed by atoms with E-state index in [0.717, 1.165) is 57.8 Å². The fourth-order valence-electron chi connectivity index (χ4n) is 7.06. The molecule has 0 aliphatic rings. The number of likely N-dealkylation sites (N-methyl/N-ethyl adjacent to an activating group) is 1. The normalized spacial score (nSPS) is 14.1. The van der Waals surface area contributed by atoms with E-state index in [4.69, 9.17) is 18.5 Å². The van der Waals surface area contributed by atoms with Crippen LogP contribution in [0, 0.1) is 0 Å². The van der Waals surface area contributed by atoms with E-state index in [0.29, 0.717) is 24.1 Å². The fraction of sp³-hybridized carbons (Fsp3) is 0.796. The Morgan fingerprint density at radius 2 is 0.921 bits per heavy atom. The predicted molar refractivity (Wildman–Crippen MR) is 268 cm³/mol. The van der Waals surface area contributed by atoms with Crippen molar-refractivity contribution in [1.82, 2.24) is 0 Å². The zero-order valence-electron chi connectivity index (χ0n) is 41.8. The maximum absolute atomic E-state index is 12.8. The second-order valence-corrected chi connectivity index (χ2v) is 19.9. The number of carbonyl (C=O) groups is 1. The molecule has 0 bridgehead atoms. The van der Waals surface area contributed by atoms with E-state index in [9.17, 15) is 14.3 Å². The van der Waals surface area contributed by atoms with Crippen molar-refractivity contribution in [2.75, 3.05) is 54.1 Å². The maximum Gasteiger partial charge on any atom is 0.306 e. The molecule has 2 atom stereocenters. The summed E-state index contributed by atoms with van der Waals surface area (Å²) in [4.78, 5) is 25.2. The van der Waals surface area contributed by atoms with Crippen LogP contribution in [0.4, 0.5) is 0 Å². The van der Waals surface area contributed by atoms with Crippen molar-refractivity contribution in [1.29, 1.82) is 0 Å². The first-order valence-corrected chi connectivity index (χ1v) is 27.5. The molecule has 0 rings (SSSR count). The molecule has 0 aromatic carbocycles. The van der Waals surface area contributed by atoms with Gasteiger partial charge >= 0.3 is 5.97 Å². The van der Waals surface area contributed by atoms with Crippen molar-refractivity contribution in [3.63, 3.8) is 0 Å². The molecule has 0 fully saturated rings. The van der Waals surface area contributed by atoms with E-state index in [2.05, 4.69) is 74.6 Å². The predicted octanol–water partition coefficient (Wildman–Crippen LogP) is 15.4. The van der Waals surface area contributed by atoms with Crippen molar-refractivity contribution in [2.24, 2.45) is 0 Å². The molecule has 0 aliphatic carbocycles. The van der Waals surface area contributed by atoms with Gasteiger partial charge in [-0.3, -0.25) is 9.36 Å². The minimum Gasteiger partial charge on any atom is -0.756 e. The van der Waals surface area contributed by atoms with Crippen molar-refractivity contribution in [3.05, 3.63) is 60.8 Å². The van der Waals surface area contributed by atoms with Gasteiger partial charge in [0.1, 0.15) is 19.3 Å². The van der Waals surface area contributed by atoms with Gasteiger partial charge in [-0.2, -0.15) is 0 Å². The number of quaternary nitrogens is 1. The van der Waals surface area contributed by atoms with Gasteiger partial charge in [0.25, 0.3) is 7.82 Å². The molecule has 0 aliphatic heterocycles. The molecule has 0 aromatic rings. The minimum absolute atomic E-state index is 0.0230. The molecule has 0 radical (unpaired) electrons. The highest BCUT2D eigenvalue weighted by atomic mass is 31.2. The summed E-state index contributed by atoms with van der Waals surface area (Å²) >= 11 is 0. The number of unbranched alkanes of at least 4 members (excludes halogenated alkanes) is 24. The van der Waals surface area contributed by atoms with Gasteiger partial charge in [-0.05, 0) is 77.0 Å². The molecule has 0 N–H and O–H groups in total. The van der Waals surface area contributed by atoms with Crippen molar-refractivity contribution in [3.8, 4) is 0 Å². The second-order valence-electron chi connectivity index (χ2n) is 18.5. The number of allylic oxidation sites excluding steroid dienone is 10. The number of phosphoric acid groups is 1. The van der Waals surface area contributed by atoms with Crippen LogP contribution >= 0.6 is 7.82 Å². The highest BCUT2D eigenvalue weighted by Crippen LogP contribution is 2.38. The van der Waals surface area contributed by atoms with Crippen LogP contribution in [0.25, 0.3) is 0 Å². The molecule has 0 saturated carbocycles. The number of esters is 1. The molecule has 2 unspecified atom stereocenters. The SMILES string of the molecule is CC/C=C\C/C=C\C/C=C\C/C=C\CCCCCCCCCCCCC(=O)OC(COCCCCCCCCCC/C=C\CCCCCCCC)COP(=O)([O-])OCC[N+](C)(C)C. The van der Waals surface area contributed by atoms with Crippen molar-refractivity contribution >= 4 is 13.8 Å². The first-order chi connectivity index (χ1) is 30.6. The lowest BCUT2D eigenvalue weighted by Gasteiger charge is -2.28. The fourth-order valence-corrected chi connectivity index (χ4v) is 7.79. The van der Waals surface area contributed by atoms with Gasteiger partial charge in [-0.25, -0.2) is 0 Å². The zero-order valence-corrected chi connectivity index (χ0v) is 42.7. The second kappa shape index (κ2) is 46.7. The van der Waals surface area contributed by atoms with Gasteiger partial charge in [0.15, 0.2) is 0 Å². The standard InChI is InChI=1S/C54H100NO7P/c1-6-8-10-12-14-16-18-20-22-24-26-27-28-29-30-31-33-35-37-39-41-43-45-47-54(56)62-53(52-61-63(57,58)60-50-48-55(3,4)5)51-59-49-46-44-42-40-38-36-34-32-25-23-21-19-17-15-13-11-9-7-2/h8,10,14,16,20-23,26-27,53H,6-7,9,11-13,15,17-19,24-25,28-52H2,1-5H3/b10-8-,16-14-,22-20-,23-21-,27-26-. The number of hydrogen-bond donors (Lipinski definition) is 0. The van der Waals surface area contributed by atoms with E-state index >= 15 is 0 Å². The summed E-state index contributed by atoms with van der Waals surface area (Å²) in [5.74, 6) is -0.339. The molecule has 0 saturated heterocycles. The Morgan fingerprint density at radius 3 is 1.40 bits per heavy atom. The Kier molecular flexibility index (Phi) is 45.4. The van der Waals surface area contributed by atoms with Crippen LogP contribution in [0.1, 0.15) is 219 Å². The Balaban J connectivity index is 4.14. The smallest absolute Gasteiger partial charge is 0.306 e. The lowest BCUT2D eigenvalue weighted by atomic mass is 10.0. The van der Waals surface area contributed by atoms with Gasteiger partial charge in [0, 0.05) is 13.0 Å². The summed E-state index contributed by atoms with van der Waals surface area (Å²) in [7, 11) is 1.35. The van der Waals surface area contributed by atoms with Crippen LogP contribution in [-0.4, -0.2) is 70.7 Å². The van der Waals surface area contributed by atoms with E-state index in [1.54, 1.807) is 0 Å². The number of rotatable bonds is 48. The maximum atomic E-state index is 12.8. The largest absolute Gasteiger partial charge is 0.756 e. The number of phosphoric ester groups is 1. The summed E-state index contributed by atoms with van der Waals surface area (Å²) in [6, 6.07) is 0. The summed E-state index contributed by atoms with van der Waals surface area (Å²) in [5.41, 5.74) is 0. The Bertz CT molecular complexity index is 1190. The third-order valence-corrected chi connectivity index (χ3v) is 12.0. The summed E-state index contributed by atoms with van der Waals surface area (Å²) in [5, 5.41) is 0. The number of carbonyl (C=O) groups excluding carboxylic acids is 1. The van der Waals surface area contributed by atoms with Crippen LogP contribution in [0.5, 0.6) is 0 Å². The highest BCUT2D eigenvalue weighted by molar-refractivity contribution is 7.45. The third kappa shape index (κ3) is 51.1. The molecule has 8 nitrogen and oxygen atoms in total. The number of ether oxygens (including phenoxy) is 2. The lowest BCUT2D eigenvalue weighted by molar-refractivity contribution is -0.870. The molecule has 0 amide bonds. The van der Waals surface area contributed by atoms with Crippen LogP contribution in [0.2, 0.25) is 0 Å². The van der Waals surface area contributed by atoms with Gasteiger partial charge in [-0.1, -0.05) is 197 Å². The minimum atomic E-state index is -4.53. The lowest BCUT2D eigenvalue weighted by Crippen LogP contribution is -2.37. The molecule has 63 heavy (non-hydrogen) atoms. The molecule has 0 spiro atoms. The van der Waals surface area contributed by atoms with Gasteiger partial charge < -0.3 is 27.9 Å². The molecular weight excluding hydrogens is 806 g/mol. The van der Waals surface area contributed by atoms with Crippen molar-refractivity contribution < 1.29 is 37.3 Å². The van der Waals surface area contributed by atoms with Gasteiger partial charge in [-0.15, -0.1) is 0 Å². The van der Waals surface area contributed by atoms with Crippen LogP contribution in [0.3, 0.4) is 0 Å². The average Bonchev–Trinajstić information content (AvgIpc) is 3.24. The van der Waals surface area contributed by atoms with Crippen molar-refractivity contribution in [2.45, 2.75) is 225 Å². The Hall–Kier alpha value is -1.80. The average molecular weight is 906 g/mol. The summed E-state index contributed by atoms with van der Waals surface area (Å²) < 4.78 is 34.8. The third-order valence-electron chi connectivity index (χ3n) is 11.1. The van der Waals surface area contributed by atoms with Crippen LogP contribution < -0.4 is 4.89 Å². The van der Waals surface area contributed by atoms with Crippen LogP contribution in [-0.2, 0) is 27.9 Å². The first kappa shape index (κ1) is 61.2. The molecular formula is C54H100NO7P. The summed E-state index contributed by atoms with van der Waals surface area (Å²) in [6.07, 6.45) is 59.5. The highest BCUT2D eigenvalue weighted by Gasteiger charge is 2.20. The van der Waals surface area contributed by atoms with Crippen LogP contribution in [0.15, 0.2) is 60.8 Å². The number of hydrogen-bond acceptors (Lipinski definition) is 7. The first-order valence-electron chi connectivity index (χ1n) is 26.0. The quantitative estimate of drug-likeness (QED) is 0.0197. The topological polar surface area (TPSA) is 94.1 Å². The van der Waals surface area contributed by atoms with Gasteiger partial charge in [0.2, 0.25) is 0 Å². The molecule has 9 heteroatoms. The zero-order chi connectivity index (χ0) is 46.2. The van der Waals surface area contributed by atoms with E-state index in [-0.39, 0.29) is 25.8 Å². The number of nitrogens with zero attached hydrogens (tertiary/aromatic N) is 1. The van der Waals surface area contributed by atoms with Gasteiger partial charge in [0.05, 0.1) is 34.4 Å². The Labute approximate surface area is 390 Å². The molecule has 0 heterocycles. The Morgan fingerprint density at radius 1 is 0.508 bits per heavy atom. The monoisotopic (exact) mass is 906 g/mol. The molecule has 0 aromatic heterocycles. The summed E-state index contributed by atoms with van der Waals surface area (Å²) in [6.45, 7) is 5.30.